The molecule has 1 saturated heterocycles. The van der Waals surface area contributed by atoms with Gasteiger partial charge in [0.1, 0.15) is 11.6 Å². The second kappa shape index (κ2) is 6.24. The molecule has 1 aromatic carbocycles. The lowest BCUT2D eigenvalue weighted by Crippen LogP contribution is -2.19. The van der Waals surface area contributed by atoms with Crippen molar-refractivity contribution in [3.8, 4) is 5.75 Å². The second-order valence-electron chi connectivity index (χ2n) is 5.56. The lowest BCUT2D eigenvalue weighted by Gasteiger charge is -2.22. The van der Waals surface area contributed by atoms with Crippen molar-refractivity contribution in [2.24, 2.45) is 5.92 Å². The van der Waals surface area contributed by atoms with E-state index in [0.29, 0.717) is 17.8 Å². The van der Waals surface area contributed by atoms with Gasteiger partial charge in [0.25, 0.3) is 0 Å². The number of aryl methyl sites for hydroxylation is 1. The summed E-state index contributed by atoms with van der Waals surface area (Å²) in [4.78, 5) is 4.75. The van der Waals surface area contributed by atoms with Crippen LogP contribution in [0, 0.1) is 5.92 Å². The summed E-state index contributed by atoms with van der Waals surface area (Å²) in [5.41, 5.74) is 2.12. The van der Waals surface area contributed by atoms with Gasteiger partial charge in [-0.15, -0.1) is 11.6 Å². The van der Waals surface area contributed by atoms with Crippen LogP contribution in [0.3, 0.4) is 0 Å². The van der Waals surface area contributed by atoms with Gasteiger partial charge in [-0.3, -0.25) is 0 Å². The molecule has 1 aliphatic rings. The minimum Gasteiger partial charge on any atom is -0.497 e. The molecule has 0 spiro atoms. The summed E-state index contributed by atoms with van der Waals surface area (Å²) in [5, 5.41) is 0. The molecule has 0 aliphatic carbocycles. The number of imidazole rings is 1. The summed E-state index contributed by atoms with van der Waals surface area (Å²) < 4.78 is 13.2. The first kappa shape index (κ1) is 14.7. The molecule has 0 radical (unpaired) electrons. The lowest BCUT2D eigenvalue weighted by atomic mass is 10.00. The smallest absolute Gasteiger partial charge is 0.121 e. The van der Waals surface area contributed by atoms with Gasteiger partial charge in [-0.2, -0.15) is 0 Å². The normalized spacial score (nSPS) is 20.0. The predicted molar refractivity (Wildman–Crippen MR) is 84.3 cm³/mol. The Morgan fingerprint density at radius 1 is 1.52 bits per heavy atom. The number of aromatic nitrogens is 2. The lowest BCUT2D eigenvalue weighted by molar-refractivity contribution is 0.175. The molecule has 2 aromatic rings. The van der Waals surface area contributed by atoms with Crippen molar-refractivity contribution in [3.05, 3.63) is 24.0 Å². The van der Waals surface area contributed by atoms with E-state index in [9.17, 15) is 0 Å². The van der Waals surface area contributed by atoms with E-state index in [4.69, 9.17) is 26.1 Å². The molecule has 0 bridgehead atoms. The highest BCUT2D eigenvalue weighted by Gasteiger charge is 2.26. The maximum atomic E-state index is 5.96. The first-order valence-corrected chi connectivity index (χ1v) is 7.96. The van der Waals surface area contributed by atoms with Crippen LogP contribution in [0.1, 0.15) is 25.2 Å². The quantitative estimate of drug-likeness (QED) is 0.794. The highest BCUT2D eigenvalue weighted by atomic mass is 35.5. The molecule has 0 saturated carbocycles. The molecule has 3 rings (SSSR count). The Morgan fingerprint density at radius 3 is 3.05 bits per heavy atom. The topological polar surface area (TPSA) is 36.3 Å². The molecule has 4 nitrogen and oxygen atoms in total. The largest absolute Gasteiger partial charge is 0.497 e. The Hall–Kier alpha value is -1.26. The summed E-state index contributed by atoms with van der Waals surface area (Å²) in [7, 11) is 1.69. The summed E-state index contributed by atoms with van der Waals surface area (Å²) in [6.07, 6.45) is 1.88. The van der Waals surface area contributed by atoms with Crippen molar-refractivity contribution in [2.45, 2.75) is 25.8 Å². The third kappa shape index (κ3) is 2.74. The number of hydrogen-bond acceptors (Lipinski definition) is 3. The number of hydrogen-bond donors (Lipinski definition) is 0. The highest BCUT2D eigenvalue weighted by molar-refractivity contribution is 6.17. The van der Waals surface area contributed by atoms with Crippen LogP contribution >= 0.6 is 11.6 Å². The molecule has 0 N–H and O–H groups in total. The minimum absolute atomic E-state index is 0.350. The zero-order valence-electron chi connectivity index (χ0n) is 12.5. The molecule has 1 aromatic heterocycles. The molecule has 1 fully saturated rings. The number of alkyl halides is 1. The summed E-state index contributed by atoms with van der Waals surface area (Å²) in [6.45, 7) is 3.93. The van der Waals surface area contributed by atoms with Gasteiger partial charge in [-0.05, 0) is 25.5 Å². The number of fused-ring (bicyclic) bond motifs is 1. The van der Waals surface area contributed by atoms with Gasteiger partial charge in [0.15, 0.2) is 0 Å². The number of ether oxygens (including phenoxy) is 2. The van der Waals surface area contributed by atoms with Crippen molar-refractivity contribution in [3.63, 3.8) is 0 Å². The second-order valence-corrected chi connectivity index (χ2v) is 5.93. The van der Waals surface area contributed by atoms with E-state index >= 15 is 0 Å². The maximum absolute atomic E-state index is 5.96. The van der Waals surface area contributed by atoms with Crippen LogP contribution in [0.2, 0.25) is 0 Å². The number of rotatable bonds is 5. The molecule has 2 atom stereocenters. The standard InChI is InChI=1S/C16H21ClN2O2/c1-11(12-6-8-21-10-12)19-15-9-13(20-2)3-4-14(15)18-16(19)5-7-17/h3-4,9,11-12H,5-8,10H2,1-2H3. The van der Waals surface area contributed by atoms with Gasteiger partial charge in [0.2, 0.25) is 0 Å². The van der Waals surface area contributed by atoms with E-state index in [-0.39, 0.29) is 0 Å². The van der Waals surface area contributed by atoms with Crippen LogP contribution in [0.4, 0.5) is 0 Å². The third-order valence-electron chi connectivity index (χ3n) is 4.34. The van der Waals surface area contributed by atoms with E-state index in [1.54, 1.807) is 7.11 Å². The van der Waals surface area contributed by atoms with E-state index in [2.05, 4.69) is 17.6 Å². The Bertz CT molecular complexity index is 620. The van der Waals surface area contributed by atoms with Crippen molar-refractivity contribution in [2.75, 3.05) is 26.2 Å². The Balaban J connectivity index is 2.08. The van der Waals surface area contributed by atoms with Crippen molar-refractivity contribution < 1.29 is 9.47 Å². The van der Waals surface area contributed by atoms with Gasteiger partial charge in [0.05, 0.1) is 24.8 Å². The number of nitrogens with zero attached hydrogens (tertiary/aromatic N) is 2. The van der Waals surface area contributed by atoms with E-state index in [1.165, 1.54) is 0 Å². The molecule has 1 aliphatic heterocycles. The molecular formula is C16H21ClN2O2. The van der Waals surface area contributed by atoms with Gasteiger partial charge < -0.3 is 14.0 Å². The van der Waals surface area contributed by atoms with E-state index in [0.717, 1.165) is 48.7 Å². The minimum atomic E-state index is 0.350. The molecule has 21 heavy (non-hydrogen) atoms. The number of halogens is 1. The molecule has 2 heterocycles. The van der Waals surface area contributed by atoms with Crippen molar-refractivity contribution in [1.82, 2.24) is 9.55 Å². The van der Waals surface area contributed by atoms with Crippen LogP contribution in [0.5, 0.6) is 5.75 Å². The molecule has 5 heteroatoms. The number of benzene rings is 1. The highest BCUT2D eigenvalue weighted by Crippen LogP contribution is 2.32. The van der Waals surface area contributed by atoms with Crippen LogP contribution in [-0.2, 0) is 11.2 Å². The van der Waals surface area contributed by atoms with E-state index in [1.807, 2.05) is 12.1 Å². The average molecular weight is 309 g/mol. The fourth-order valence-corrected chi connectivity index (χ4v) is 3.28. The monoisotopic (exact) mass is 308 g/mol. The van der Waals surface area contributed by atoms with Crippen LogP contribution in [-0.4, -0.2) is 35.8 Å². The zero-order chi connectivity index (χ0) is 14.8. The van der Waals surface area contributed by atoms with Gasteiger partial charge in [-0.1, -0.05) is 0 Å². The number of methoxy groups -OCH3 is 1. The van der Waals surface area contributed by atoms with Gasteiger partial charge in [-0.25, -0.2) is 4.98 Å². The summed E-state index contributed by atoms with van der Waals surface area (Å²) in [5.74, 6) is 3.01. The molecule has 2 unspecified atom stereocenters. The Kier molecular flexibility index (Phi) is 4.36. The fourth-order valence-electron chi connectivity index (χ4n) is 3.11. The van der Waals surface area contributed by atoms with Crippen molar-refractivity contribution in [1.29, 1.82) is 0 Å². The van der Waals surface area contributed by atoms with Crippen LogP contribution < -0.4 is 4.74 Å². The molecular weight excluding hydrogens is 288 g/mol. The predicted octanol–water partition coefficient (Wildman–Crippen LogP) is 3.42. The first-order chi connectivity index (χ1) is 10.2. The van der Waals surface area contributed by atoms with Crippen LogP contribution in [0.15, 0.2) is 18.2 Å². The molecule has 114 valence electrons. The zero-order valence-corrected chi connectivity index (χ0v) is 13.3. The SMILES string of the molecule is COc1ccc2nc(CCCl)n(C(C)C3CCOC3)c2c1. The Labute approximate surface area is 130 Å². The van der Waals surface area contributed by atoms with Crippen molar-refractivity contribution >= 4 is 22.6 Å². The summed E-state index contributed by atoms with van der Waals surface area (Å²) >= 11 is 5.96. The maximum Gasteiger partial charge on any atom is 0.121 e. The van der Waals surface area contributed by atoms with Gasteiger partial charge >= 0.3 is 0 Å². The van der Waals surface area contributed by atoms with Gasteiger partial charge in [0, 0.05) is 36.9 Å². The third-order valence-corrected chi connectivity index (χ3v) is 4.53. The van der Waals surface area contributed by atoms with E-state index < -0.39 is 0 Å². The summed E-state index contributed by atoms with van der Waals surface area (Å²) in [6, 6.07) is 6.38. The fraction of sp³-hybridized carbons (Fsp3) is 0.562. The first-order valence-electron chi connectivity index (χ1n) is 7.43. The average Bonchev–Trinajstić information content (AvgIpc) is 3.13. The molecule has 0 amide bonds. The Morgan fingerprint density at radius 2 is 2.38 bits per heavy atom. The van der Waals surface area contributed by atoms with Crippen LogP contribution in [0.25, 0.3) is 11.0 Å².